The summed E-state index contributed by atoms with van der Waals surface area (Å²) in [4.78, 5) is 0. The number of rotatable bonds is 5. The average molecular weight is 278 g/mol. The molecular weight excluding hydrogens is 254 g/mol. The quantitative estimate of drug-likeness (QED) is 0.846. The van der Waals surface area contributed by atoms with E-state index in [-0.39, 0.29) is 0 Å². The van der Waals surface area contributed by atoms with Crippen LogP contribution >= 0.6 is 11.6 Å². The summed E-state index contributed by atoms with van der Waals surface area (Å²) < 4.78 is 0. The first-order valence-electron chi connectivity index (χ1n) is 7.74. The molecule has 2 aliphatic rings. The van der Waals surface area contributed by atoms with Crippen molar-refractivity contribution < 1.29 is 0 Å². The largest absolute Gasteiger partial charge is 0.314 e. The lowest BCUT2D eigenvalue weighted by Gasteiger charge is -2.31. The van der Waals surface area contributed by atoms with Crippen molar-refractivity contribution in [1.29, 1.82) is 0 Å². The molecule has 4 unspecified atom stereocenters. The van der Waals surface area contributed by atoms with E-state index in [0.717, 1.165) is 35.7 Å². The topological polar surface area (TPSA) is 12.0 Å². The lowest BCUT2D eigenvalue weighted by molar-refractivity contribution is 0.249. The van der Waals surface area contributed by atoms with Crippen molar-refractivity contribution in [1.82, 2.24) is 5.32 Å². The summed E-state index contributed by atoms with van der Waals surface area (Å²) in [6, 6.07) is 9.01. The van der Waals surface area contributed by atoms with Crippen molar-refractivity contribution in [3.05, 3.63) is 34.9 Å². The average Bonchev–Trinajstić information content (AvgIpc) is 3.00. The van der Waals surface area contributed by atoms with Crippen LogP contribution in [0.4, 0.5) is 0 Å². The second-order valence-electron chi connectivity index (χ2n) is 6.34. The number of halogens is 1. The molecule has 3 rings (SSSR count). The molecule has 0 saturated heterocycles. The van der Waals surface area contributed by atoms with Crippen molar-refractivity contribution >= 4 is 11.6 Å². The molecule has 2 fully saturated rings. The van der Waals surface area contributed by atoms with Gasteiger partial charge in [0.2, 0.25) is 0 Å². The summed E-state index contributed by atoms with van der Waals surface area (Å²) >= 11 is 6.11. The lowest BCUT2D eigenvalue weighted by Crippen LogP contribution is -2.40. The van der Waals surface area contributed by atoms with Gasteiger partial charge in [0.1, 0.15) is 0 Å². The van der Waals surface area contributed by atoms with E-state index in [2.05, 4.69) is 30.4 Å². The molecule has 0 aliphatic heterocycles. The molecule has 0 amide bonds. The van der Waals surface area contributed by atoms with Gasteiger partial charge in [0.15, 0.2) is 0 Å². The van der Waals surface area contributed by atoms with Gasteiger partial charge in [-0.15, -0.1) is 0 Å². The minimum absolute atomic E-state index is 0.638. The van der Waals surface area contributed by atoms with Gasteiger partial charge in [0, 0.05) is 11.1 Å². The van der Waals surface area contributed by atoms with Crippen LogP contribution in [-0.4, -0.2) is 12.6 Å². The highest BCUT2D eigenvalue weighted by Crippen LogP contribution is 2.49. The minimum atomic E-state index is 0.638. The number of hydrogen-bond donors (Lipinski definition) is 1. The SMILES string of the molecule is CCNC(Cc1cccc(Cl)c1)C1CC2CCC1C2. The number of fused-ring (bicyclic) bond motifs is 2. The van der Waals surface area contributed by atoms with Crippen molar-refractivity contribution in [2.75, 3.05) is 6.54 Å². The third kappa shape index (κ3) is 2.98. The molecule has 1 N–H and O–H groups in total. The normalized spacial score (nSPS) is 30.7. The third-order valence-electron chi connectivity index (χ3n) is 5.12. The van der Waals surface area contributed by atoms with E-state index in [4.69, 9.17) is 11.6 Å². The third-order valence-corrected chi connectivity index (χ3v) is 5.36. The standard InChI is InChI=1S/C17H24ClN/c1-2-19-17(11-12-4-3-5-15(18)9-12)16-10-13-6-7-14(16)8-13/h3-5,9,13-14,16-17,19H,2,6-8,10-11H2,1H3. The molecule has 2 bridgehead atoms. The van der Waals surface area contributed by atoms with E-state index in [1.54, 1.807) is 0 Å². The Morgan fingerprint density at radius 3 is 2.84 bits per heavy atom. The molecule has 19 heavy (non-hydrogen) atoms. The highest BCUT2D eigenvalue weighted by atomic mass is 35.5. The van der Waals surface area contributed by atoms with Gasteiger partial charge in [0.25, 0.3) is 0 Å². The molecule has 2 saturated carbocycles. The number of benzene rings is 1. The molecule has 0 heterocycles. The molecule has 0 spiro atoms. The Balaban J connectivity index is 1.70. The Kier molecular flexibility index (Phi) is 4.14. The zero-order valence-corrected chi connectivity index (χ0v) is 12.5. The molecule has 4 atom stereocenters. The van der Waals surface area contributed by atoms with Gasteiger partial charge in [0.05, 0.1) is 0 Å². The van der Waals surface area contributed by atoms with E-state index >= 15 is 0 Å². The summed E-state index contributed by atoms with van der Waals surface area (Å²) in [7, 11) is 0. The maximum absolute atomic E-state index is 6.11. The molecule has 0 aromatic heterocycles. The van der Waals surface area contributed by atoms with Crippen molar-refractivity contribution in [2.24, 2.45) is 17.8 Å². The zero-order valence-electron chi connectivity index (χ0n) is 11.7. The summed E-state index contributed by atoms with van der Waals surface area (Å²) in [6.45, 7) is 3.29. The molecule has 1 aromatic rings. The molecule has 0 radical (unpaired) electrons. The van der Waals surface area contributed by atoms with Gasteiger partial charge in [-0.1, -0.05) is 37.1 Å². The first-order chi connectivity index (χ1) is 9.26. The van der Waals surface area contributed by atoms with Crippen LogP contribution in [0.25, 0.3) is 0 Å². The highest BCUT2D eigenvalue weighted by molar-refractivity contribution is 6.30. The second-order valence-corrected chi connectivity index (χ2v) is 6.77. The smallest absolute Gasteiger partial charge is 0.0408 e. The highest BCUT2D eigenvalue weighted by Gasteiger charge is 2.42. The maximum Gasteiger partial charge on any atom is 0.0408 e. The number of likely N-dealkylation sites (N-methyl/N-ethyl adjacent to an activating group) is 1. The van der Waals surface area contributed by atoms with Crippen LogP contribution < -0.4 is 5.32 Å². The van der Waals surface area contributed by atoms with Crippen LogP contribution in [0.1, 0.15) is 38.2 Å². The first-order valence-corrected chi connectivity index (χ1v) is 8.12. The van der Waals surface area contributed by atoms with Crippen LogP contribution in [0, 0.1) is 17.8 Å². The fraction of sp³-hybridized carbons (Fsp3) is 0.647. The van der Waals surface area contributed by atoms with Gasteiger partial charge in [-0.05, 0) is 67.7 Å². The summed E-state index contributed by atoms with van der Waals surface area (Å²) in [5.41, 5.74) is 1.38. The Labute approximate surface area is 121 Å². The van der Waals surface area contributed by atoms with E-state index in [1.807, 2.05) is 6.07 Å². The monoisotopic (exact) mass is 277 g/mol. The molecule has 1 aromatic carbocycles. The van der Waals surface area contributed by atoms with Crippen LogP contribution in [0.3, 0.4) is 0 Å². The van der Waals surface area contributed by atoms with Gasteiger partial charge >= 0.3 is 0 Å². The van der Waals surface area contributed by atoms with E-state index in [1.165, 1.54) is 31.2 Å². The van der Waals surface area contributed by atoms with Crippen molar-refractivity contribution in [3.63, 3.8) is 0 Å². The Morgan fingerprint density at radius 2 is 2.21 bits per heavy atom. The van der Waals surface area contributed by atoms with Gasteiger partial charge in [-0.3, -0.25) is 0 Å². The van der Waals surface area contributed by atoms with E-state index < -0.39 is 0 Å². The Morgan fingerprint density at radius 1 is 1.32 bits per heavy atom. The maximum atomic E-state index is 6.11. The number of hydrogen-bond acceptors (Lipinski definition) is 1. The Hall–Kier alpha value is -0.530. The molecule has 104 valence electrons. The Bertz CT molecular complexity index is 431. The first kappa shape index (κ1) is 13.5. The second kappa shape index (κ2) is 5.85. The predicted octanol–water partition coefficient (Wildman–Crippen LogP) is 4.30. The van der Waals surface area contributed by atoms with Crippen molar-refractivity contribution in [2.45, 2.75) is 45.1 Å². The summed E-state index contributed by atoms with van der Waals surface area (Å²) in [5.74, 6) is 2.89. The van der Waals surface area contributed by atoms with E-state index in [0.29, 0.717) is 6.04 Å². The predicted molar refractivity (Wildman–Crippen MR) is 81.6 cm³/mol. The van der Waals surface area contributed by atoms with Crippen molar-refractivity contribution in [3.8, 4) is 0 Å². The fourth-order valence-electron chi connectivity index (χ4n) is 4.34. The lowest BCUT2D eigenvalue weighted by atomic mass is 9.81. The summed E-state index contributed by atoms with van der Waals surface area (Å²) in [6.07, 6.45) is 7.01. The molecule has 2 aliphatic carbocycles. The van der Waals surface area contributed by atoms with Gasteiger partial charge < -0.3 is 5.32 Å². The van der Waals surface area contributed by atoms with Crippen LogP contribution in [0.5, 0.6) is 0 Å². The molecular formula is C17H24ClN. The molecule has 2 heteroatoms. The van der Waals surface area contributed by atoms with Gasteiger partial charge in [-0.2, -0.15) is 0 Å². The zero-order chi connectivity index (χ0) is 13.2. The van der Waals surface area contributed by atoms with E-state index in [9.17, 15) is 0 Å². The van der Waals surface area contributed by atoms with Crippen LogP contribution in [0.15, 0.2) is 24.3 Å². The van der Waals surface area contributed by atoms with Crippen LogP contribution in [0.2, 0.25) is 5.02 Å². The minimum Gasteiger partial charge on any atom is -0.314 e. The fourth-order valence-corrected chi connectivity index (χ4v) is 4.55. The number of nitrogens with one attached hydrogen (secondary N) is 1. The molecule has 1 nitrogen and oxygen atoms in total. The van der Waals surface area contributed by atoms with Crippen LogP contribution in [-0.2, 0) is 6.42 Å². The summed E-state index contributed by atoms with van der Waals surface area (Å²) in [5, 5.41) is 4.60. The van der Waals surface area contributed by atoms with Gasteiger partial charge in [-0.25, -0.2) is 0 Å².